The van der Waals surface area contributed by atoms with Crippen LogP contribution in [0.5, 0.6) is 0 Å². The molecular weight excluding hydrogens is 371 g/mol. The average Bonchev–Trinajstić information content (AvgIpc) is 2.65. The molecule has 136 valence electrons. The van der Waals surface area contributed by atoms with E-state index in [0.29, 0.717) is 48.1 Å². The van der Waals surface area contributed by atoms with Gasteiger partial charge in [0, 0.05) is 24.0 Å². The number of carbonyl (C=O) groups excluding carboxylic acids is 2. The lowest BCUT2D eigenvalue weighted by Crippen LogP contribution is -2.42. The van der Waals surface area contributed by atoms with Gasteiger partial charge in [-0.1, -0.05) is 53.5 Å². The van der Waals surface area contributed by atoms with Crippen molar-refractivity contribution in [2.45, 2.75) is 19.3 Å². The van der Waals surface area contributed by atoms with Crippen LogP contribution in [0.15, 0.2) is 48.5 Å². The number of likely N-dealkylation sites (tertiary alicyclic amines) is 1. The number of hydrogen-bond acceptors (Lipinski definition) is 2. The standard InChI is InChI=1S/C20H20Cl2N2O2/c21-16-6-7-18(17(22)13-16)23-20(26)15-8-10-24(11-9-15)19(25)12-14-4-2-1-3-5-14/h1-7,13,15H,8-12H2,(H,23,26). The van der Waals surface area contributed by atoms with Gasteiger partial charge in [-0.15, -0.1) is 0 Å². The molecule has 2 amide bonds. The second-order valence-corrected chi connectivity index (χ2v) is 7.27. The zero-order valence-electron chi connectivity index (χ0n) is 14.3. The summed E-state index contributed by atoms with van der Waals surface area (Å²) in [6.45, 7) is 1.19. The van der Waals surface area contributed by atoms with Crippen LogP contribution in [0, 0.1) is 5.92 Å². The van der Waals surface area contributed by atoms with Crippen molar-refractivity contribution in [2.24, 2.45) is 5.92 Å². The molecule has 0 radical (unpaired) electrons. The number of halogens is 2. The Morgan fingerprint density at radius 2 is 1.73 bits per heavy atom. The maximum absolute atomic E-state index is 12.5. The van der Waals surface area contributed by atoms with Crippen LogP contribution in [0.2, 0.25) is 10.0 Å². The summed E-state index contributed by atoms with van der Waals surface area (Å²) in [7, 11) is 0. The zero-order valence-corrected chi connectivity index (χ0v) is 15.8. The van der Waals surface area contributed by atoms with Crippen LogP contribution in [-0.4, -0.2) is 29.8 Å². The normalized spacial score (nSPS) is 14.9. The molecule has 0 atom stereocenters. The van der Waals surface area contributed by atoms with Gasteiger partial charge in [0.05, 0.1) is 17.1 Å². The molecule has 2 aromatic carbocycles. The average molecular weight is 391 g/mol. The van der Waals surface area contributed by atoms with Crippen molar-refractivity contribution in [3.8, 4) is 0 Å². The van der Waals surface area contributed by atoms with Gasteiger partial charge < -0.3 is 10.2 Å². The molecule has 0 saturated carbocycles. The van der Waals surface area contributed by atoms with Crippen molar-refractivity contribution in [3.63, 3.8) is 0 Å². The van der Waals surface area contributed by atoms with Crippen molar-refractivity contribution < 1.29 is 9.59 Å². The van der Waals surface area contributed by atoms with Crippen LogP contribution in [0.4, 0.5) is 5.69 Å². The monoisotopic (exact) mass is 390 g/mol. The highest BCUT2D eigenvalue weighted by Gasteiger charge is 2.27. The lowest BCUT2D eigenvalue weighted by atomic mass is 9.95. The largest absolute Gasteiger partial charge is 0.342 e. The first-order valence-electron chi connectivity index (χ1n) is 8.60. The highest BCUT2D eigenvalue weighted by Crippen LogP contribution is 2.27. The van der Waals surface area contributed by atoms with Gasteiger partial charge in [-0.3, -0.25) is 9.59 Å². The summed E-state index contributed by atoms with van der Waals surface area (Å²) in [5.41, 5.74) is 1.57. The first-order chi connectivity index (χ1) is 12.5. The minimum atomic E-state index is -0.123. The number of hydrogen-bond donors (Lipinski definition) is 1. The summed E-state index contributed by atoms with van der Waals surface area (Å²) in [6.07, 6.45) is 1.70. The number of nitrogens with one attached hydrogen (secondary N) is 1. The van der Waals surface area contributed by atoms with Gasteiger partial charge in [-0.2, -0.15) is 0 Å². The number of piperidine rings is 1. The van der Waals surface area contributed by atoms with E-state index in [1.807, 2.05) is 35.2 Å². The van der Waals surface area contributed by atoms with Crippen LogP contribution in [0.3, 0.4) is 0 Å². The minimum absolute atomic E-state index is 0.0654. The summed E-state index contributed by atoms with van der Waals surface area (Å²) in [5, 5.41) is 3.80. The van der Waals surface area contributed by atoms with Gasteiger partial charge in [0.2, 0.25) is 11.8 Å². The van der Waals surface area contributed by atoms with Crippen LogP contribution < -0.4 is 5.32 Å². The molecule has 6 heteroatoms. The fraction of sp³-hybridized carbons (Fsp3) is 0.300. The molecule has 26 heavy (non-hydrogen) atoms. The number of anilines is 1. The molecule has 1 N–H and O–H groups in total. The van der Waals surface area contributed by atoms with E-state index in [9.17, 15) is 9.59 Å². The summed E-state index contributed by atoms with van der Waals surface area (Å²) < 4.78 is 0. The molecule has 0 unspecified atom stereocenters. The van der Waals surface area contributed by atoms with Crippen molar-refractivity contribution in [1.82, 2.24) is 4.90 Å². The summed E-state index contributed by atoms with van der Waals surface area (Å²) in [4.78, 5) is 26.7. The lowest BCUT2D eigenvalue weighted by molar-refractivity contribution is -0.133. The van der Waals surface area contributed by atoms with Gasteiger partial charge >= 0.3 is 0 Å². The topological polar surface area (TPSA) is 49.4 Å². The summed E-state index contributed by atoms with van der Waals surface area (Å²) in [6, 6.07) is 14.7. The van der Waals surface area contributed by atoms with E-state index in [1.54, 1.807) is 18.2 Å². The van der Waals surface area contributed by atoms with Gasteiger partial charge in [0.1, 0.15) is 0 Å². The second kappa shape index (κ2) is 8.56. The predicted octanol–water partition coefficient (Wildman–Crippen LogP) is 4.41. The molecular formula is C20H20Cl2N2O2. The van der Waals surface area contributed by atoms with Crippen molar-refractivity contribution in [3.05, 3.63) is 64.1 Å². The zero-order chi connectivity index (χ0) is 18.5. The molecule has 1 aliphatic rings. The Hall–Kier alpha value is -2.04. The molecule has 0 aliphatic carbocycles. The third-order valence-corrected chi connectivity index (χ3v) is 5.15. The molecule has 0 spiro atoms. The fourth-order valence-electron chi connectivity index (χ4n) is 3.10. The van der Waals surface area contributed by atoms with E-state index in [2.05, 4.69) is 5.32 Å². The molecule has 2 aromatic rings. The molecule has 3 rings (SSSR count). The maximum Gasteiger partial charge on any atom is 0.227 e. The van der Waals surface area contributed by atoms with Gasteiger partial charge in [-0.05, 0) is 36.6 Å². The first-order valence-corrected chi connectivity index (χ1v) is 9.36. The SMILES string of the molecule is O=C(Nc1ccc(Cl)cc1Cl)C1CCN(C(=O)Cc2ccccc2)CC1. The first kappa shape index (κ1) is 18.7. The highest BCUT2D eigenvalue weighted by atomic mass is 35.5. The molecule has 1 heterocycles. The van der Waals surface area contributed by atoms with Gasteiger partial charge in [0.15, 0.2) is 0 Å². The van der Waals surface area contributed by atoms with E-state index >= 15 is 0 Å². The Bertz CT molecular complexity index is 788. The number of rotatable bonds is 4. The highest BCUT2D eigenvalue weighted by molar-refractivity contribution is 6.36. The van der Waals surface area contributed by atoms with Crippen LogP contribution in [-0.2, 0) is 16.0 Å². The van der Waals surface area contributed by atoms with Crippen molar-refractivity contribution in [1.29, 1.82) is 0 Å². The number of nitrogens with zero attached hydrogens (tertiary/aromatic N) is 1. The smallest absolute Gasteiger partial charge is 0.227 e. The quantitative estimate of drug-likeness (QED) is 0.839. The predicted molar refractivity (Wildman–Crippen MR) is 105 cm³/mol. The van der Waals surface area contributed by atoms with E-state index < -0.39 is 0 Å². The van der Waals surface area contributed by atoms with E-state index in [0.717, 1.165) is 5.56 Å². The molecule has 1 fully saturated rings. The Balaban J connectivity index is 1.51. The number of benzene rings is 2. The summed E-state index contributed by atoms with van der Waals surface area (Å²) in [5.74, 6) is -0.0808. The molecule has 0 bridgehead atoms. The third kappa shape index (κ3) is 4.77. The van der Waals surface area contributed by atoms with Crippen molar-refractivity contribution in [2.75, 3.05) is 18.4 Å². The maximum atomic E-state index is 12.5. The van der Waals surface area contributed by atoms with Crippen LogP contribution in [0.1, 0.15) is 18.4 Å². The lowest BCUT2D eigenvalue weighted by Gasteiger charge is -2.31. The Kier molecular flexibility index (Phi) is 6.17. The number of carbonyl (C=O) groups is 2. The van der Waals surface area contributed by atoms with E-state index in [-0.39, 0.29) is 17.7 Å². The Labute approximate surface area is 163 Å². The van der Waals surface area contributed by atoms with E-state index in [1.165, 1.54) is 0 Å². The molecule has 1 aliphatic heterocycles. The third-order valence-electron chi connectivity index (χ3n) is 4.61. The minimum Gasteiger partial charge on any atom is -0.342 e. The van der Waals surface area contributed by atoms with Crippen molar-refractivity contribution >= 4 is 40.7 Å². The molecule has 4 nitrogen and oxygen atoms in total. The number of amides is 2. The van der Waals surface area contributed by atoms with Gasteiger partial charge in [0.25, 0.3) is 0 Å². The van der Waals surface area contributed by atoms with Gasteiger partial charge in [-0.25, -0.2) is 0 Å². The summed E-state index contributed by atoms with van der Waals surface area (Å²) >= 11 is 12.0. The molecule has 0 aromatic heterocycles. The molecule has 1 saturated heterocycles. The Morgan fingerprint density at radius 1 is 1.04 bits per heavy atom. The van der Waals surface area contributed by atoms with E-state index in [4.69, 9.17) is 23.2 Å². The Morgan fingerprint density at radius 3 is 2.38 bits per heavy atom. The van der Waals surface area contributed by atoms with Crippen LogP contribution in [0.25, 0.3) is 0 Å². The second-order valence-electron chi connectivity index (χ2n) is 6.43. The fourth-order valence-corrected chi connectivity index (χ4v) is 3.55. The van der Waals surface area contributed by atoms with Crippen LogP contribution >= 0.6 is 23.2 Å².